The average Bonchev–Trinajstić information content (AvgIpc) is 3.39. The van der Waals surface area contributed by atoms with Crippen LogP contribution in [-0.2, 0) is 9.59 Å². The lowest BCUT2D eigenvalue weighted by atomic mass is 10.2. The first-order valence-corrected chi connectivity index (χ1v) is 10.7. The fraction of sp³-hybridized carbons (Fsp3) is 0.0909. The molecule has 2 amide bonds. The van der Waals surface area contributed by atoms with Gasteiger partial charge in [-0.05, 0) is 60.7 Å². The Morgan fingerprint density at radius 1 is 1.19 bits per heavy atom. The van der Waals surface area contributed by atoms with Crippen LogP contribution in [0.2, 0.25) is 5.02 Å². The molecule has 3 aromatic rings. The second-order valence-corrected chi connectivity index (χ2v) is 8.30. The predicted octanol–water partition coefficient (Wildman–Crippen LogP) is 4.51. The highest BCUT2D eigenvalue weighted by atomic mass is 35.5. The van der Waals surface area contributed by atoms with Gasteiger partial charge in [0.25, 0.3) is 0 Å². The highest BCUT2D eigenvalue weighted by Crippen LogP contribution is 2.34. The zero-order valence-electron chi connectivity index (χ0n) is 16.5. The number of carbonyl (C=O) groups excluding carboxylic acids is 2. The SMILES string of the molecule is O=C(CC1SC(=NN=Cc2ccco2)N(c2ccc(O)cc2)C1=O)Nc1ccc(Cl)cc1. The quantitative estimate of drug-likeness (QED) is 0.409. The maximum atomic E-state index is 13.1. The summed E-state index contributed by atoms with van der Waals surface area (Å²) in [6.07, 6.45) is 2.88. The van der Waals surface area contributed by atoms with Crippen molar-refractivity contribution in [2.75, 3.05) is 10.2 Å². The van der Waals surface area contributed by atoms with Crippen LogP contribution >= 0.6 is 23.4 Å². The first-order valence-electron chi connectivity index (χ1n) is 9.49. The number of amidine groups is 1. The Hall–Kier alpha value is -3.56. The topological polar surface area (TPSA) is 108 Å². The molecule has 2 heterocycles. The first kappa shape index (κ1) is 21.7. The van der Waals surface area contributed by atoms with Crippen LogP contribution in [-0.4, -0.2) is 33.6 Å². The van der Waals surface area contributed by atoms with Crippen molar-refractivity contribution >= 4 is 57.9 Å². The molecule has 1 saturated heterocycles. The van der Waals surface area contributed by atoms with Gasteiger partial charge in [0.05, 0.1) is 18.2 Å². The lowest BCUT2D eigenvalue weighted by Crippen LogP contribution is -2.33. The Bertz CT molecular complexity index is 1160. The van der Waals surface area contributed by atoms with Gasteiger partial charge in [-0.1, -0.05) is 23.4 Å². The first-order chi connectivity index (χ1) is 15.5. The molecule has 2 aromatic carbocycles. The third-order valence-electron chi connectivity index (χ3n) is 4.41. The number of anilines is 2. The molecule has 4 rings (SSSR count). The van der Waals surface area contributed by atoms with E-state index >= 15 is 0 Å². The normalized spacial score (nSPS) is 17.4. The number of thioether (sulfide) groups is 1. The van der Waals surface area contributed by atoms with Crippen LogP contribution < -0.4 is 10.2 Å². The number of furan rings is 1. The Morgan fingerprint density at radius 3 is 2.62 bits per heavy atom. The van der Waals surface area contributed by atoms with Crippen LogP contribution in [0, 0.1) is 0 Å². The number of aromatic hydroxyl groups is 1. The molecule has 0 aliphatic carbocycles. The summed E-state index contributed by atoms with van der Waals surface area (Å²) in [5, 5.41) is 20.7. The maximum absolute atomic E-state index is 13.1. The maximum Gasteiger partial charge on any atom is 0.247 e. The van der Waals surface area contributed by atoms with Crippen molar-refractivity contribution in [3.8, 4) is 5.75 Å². The van der Waals surface area contributed by atoms with Crippen molar-refractivity contribution in [1.29, 1.82) is 0 Å². The molecule has 32 heavy (non-hydrogen) atoms. The predicted molar refractivity (Wildman–Crippen MR) is 125 cm³/mol. The van der Waals surface area contributed by atoms with Crippen molar-refractivity contribution in [2.45, 2.75) is 11.7 Å². The lowest BCUT2D eigenvalue weighted by Gasteiger charge is -2.15. The number of hydrogen-bond acceptors (Lipinski definition) is 7. The van der Waals surface area contributed by atoms with E-state index in [4.69, 9.17) is 16.0 Å². The Balaban J connectivity index is 1.53. The number of halogens is 1. The van der Waals surface area contributed by atoms with Crippen LogP contribution in [0.25, 0.3) is 0 Å². The van der Waals surface area contributed by atoms with Gasteiger partial charge >= 0.3 is 0 Å². The summed E-state index contributed by atoms with van der Waals surface area (Å²) in [5.74, 6) is -0.0388. The molecular formula is C22H17ClN4O4S. The Kier molecular flexibility index (Phi) is 6.58. The van der Waals surface area contributed by atoms with E-state index in [-0.39, 0.29) is 24.0 Å². The summed E-state index contributed by atoms with van der Waals surface area (Å²) in [6.45, 7) is 0. The number of nitrogens with zero attached hydrogens (tertiary/aromatic N) is 3. The highest BCUT2D eigenvalue weighted by Gasteiger charge is 2.40. The minimum atomic E-state index is -0.686. The van der Waals surface area contributed by atoms with Gasteiger partial charge in [0.15, 0.2) is 5.17 Å². The Labute approximate surface area is 192 Å². The lowest BCUT2D eigenvalue weighted by molar-refractivity contribution is -0.121. The number of phenols is 1. The molecule has 10 heteroatoms. The van der Waals surface area contributed by atoms with Gasteiger partial charge in [-0.3, -0.25) is 14.5 Å². The van der Waals surface area contributed by atoms with Crippen molar-refractivity contribution in [3.05, 3.63) is 77.7 Å². The molecular weight excluding hydrogens is 452 g/mol. The second-order valence-electron chi connectivity index (χ2n) is 6.70. The molecule has 0 bridgehead atoms. The van der Waals surface area contributed by atoms with E-state index in [0.29, 0.717) is 27.3 Å². The number of nitrogens with one attached hydrogen (secondary N) is 1. The van der Waals surface area contributed by atoms with Crippen molar-refractivity contribution in [1.82, 2.24) is 0 Å². The van der Waals surface area contributed by atoms with Crippen LogP contribution in [0.5, 0.6) is 5.75 Å². The zero-order chi connectivity index (χ0) is 22.5. The van der Waals surface area contributed by atoms with E-state index in [1.165, 1.54) is 29.5 Å². The minimum absolute atomic E-state index is 0.0539. The van der Waals surface area contributed by atoms with Crippen molar-refractivity contribution in [3.63, 3.8) is 0 Å². The van der Waals surface area contributed by atoms with E-state index in [0.717, 1.165) is 11.8 Å². The fourth-order valence-electron chi connectivity index (χ4n) is 2.92. The van der Waals surface area contributed by atoms with Gasteiger partial charge in [-0.25, -0.2) is 0 Å². The summed E-state index contributed by atoms with van der Waals surface area (Å²) in [4.78, 5) is 27.0. The van der Waals surface area contributed by atoms with Gasteiger partial charge in [0, 0.05) is 17.1 Å². The number of carbonyl (C=O) groups is 2. The number of phenolic OH excluding ortho intramolecular Hbond substituents is 1. The average molecular weight is 469 g/mol. The van der Waals surface area contributed by atoms with E-state index < -0.39 is 5.25 Å². The molecule has 1 aromatic heterocycles. The molecule has 1 unspecified atom stereocenters. The molecule has 0 radical (unpaired) electrons. The van der Waals surface area contributed by atoms with Gasteiger partial charge in [-0.15, -0.1) is 5.10 Å². The molecule has 2 N–H and O–H groups in total. The molecule has 1 aliphatic heterocycles. The van der Waals surface area contributed by atoms with E-state index in [2.05, 4.69) is 15.5 Å². The third kappa shape index (κ3) is 5.19. The van der Waals surface area contributed by atoms with E-state index in [1.54, 1.807) is 48.5 Å². The third-order valence-corrected chi connectivity index (χ3v) is 5.79. The van der Waals surface area contributed by atoms with Crippen LogP contribution in [0.4, 0.5) is 11.4 Å². The second kappa shape index (κ2) is 9.71. The number of benzene rings is 2. The van der Waals surface area contributed by atoms with Gasteiger partial charge < -0.3 is 14.8 Å². The van der Waals surface area contributed by atoms with Crippen LogP contribution in [0.1, 0.15) is 12.2 Å². The molecule has 1 atom stereocenters. The summed E-state index contributed by atoms with van der Waals surface area (Å²) in [7, 11) is 0. The summed E-state index contributed by atoms with van der Waals surface area (Å²) in [6, 6.07) is 16.3. The summed E-state index contributed by atoms with van der Waals surface area (Å²) in [5.41, 5.74) is 1.09. The van der Waals surface area contributed by atoms with Crippen LogP contribution in [0.3, 0.4) is 0 Å². The summed E-state index contributed by atoms with van der Waals surface area (Å²) < 4.78 is 5.19. The smallest absolute Gasteiger partial charge is 0.247 e. The zero-order valence-corrected chi connectivity index (χ0v) is 18.1. The van der Waals surface area contributed by atoms with Gasteiger partial charge in [0.2, 0.25) is 11.8 Å². The molecule has 0 saturated carbocycles. The van der Waals surface area contributed by atoms with E-state index in [9.17, 15) is 14.7 Å². The molecule has 0 spiro atoms. The van der Waals surface area contributed by atoms with Crippen molar-refractivity contribution in [2.24, 2.45) is 10.2 Å². The van der Waals surface area contributed by atoms with Gasteiger partial charge in [0.1, 0.15) is 16.8 Å². The molecule has 1 fully saturated rings. The minimum Gasteiger partial charge on any atom is -0.508 e. The number of amides is 2. The molecule has 8 nitrogen and oxygen atoms in total. The van der Waals surface area contributed by atoms with Crippen LogP contribution in [0.15, 0.2) is 81.5 Å². The highest BCUT2D eigenvalue weighted by molar-refractivity contribution is 8.16. The molecule has 1 aliphatic rings. The summed E-state index contributed by atoms with van der Waals surface area (Å²) >= 11 is 7.01. The largest absolute Gasteiger partial charge is 0.508 e. The number of rotatable bonds is 6. The monoisotopic (exact) mass is 468 g/mol. The standard InChI is InChI=1S/C22H17ClN4O4S/c23-14-3-5-15(6-4-14)25-20(29)12-19-21(30)27(16-7-9-17(28)10-8-16)22(32-19)26-24-13-18-2-1-11-31-18/h1-11,13,19,28H,12H2,(H,25,29). The van der Waals surface area contributed by atoms with Gasteiger partial charge in [-0.2, -0.15) is 5.10 Å². The Morgan fingerprint density at radius 2 is 1.94 bits per heavy atom. The molecule has 162 valence electrons. The van der Waals surface area contributed by atoms with Crippen molar-refractivity contribution < 1.29 is 19.1 Å². The van der Waals surface area contributed by atoms with E-state index in [1.807, 2.05) is 0 Å². The number of hydrogen-bond donors (Lipinski definition) is 2. The fourth-order valence-corrected chi connectivity index (χ4v) is 4.14.